The zero-order valence-corrected chi connectivity index (χ0v) is 13.4. The number of anilines is 1. The highest BCUT2D eigenvalue weighted by atomic mass is 32.1. The minimum atomic E-state index is 0.431. The highest BCUT2D eigenvalue weighted by Crippen LogP contribution is 2.26. The number of benzene rings is 1. The Balaban J connectivity index is 1.92. The Hall–Kier alpha value is -1.28. The molecule has 0 amide bonds. The van der Waals surface area contributed by atoms with Crippen LogP contribution in [0.25, 0.3) is 0 Å². The number of hydrogen-bond acceptors (Lipinski definition) is 2. The minimum absolute atomic E-state index is 0.431. The van der Waals surface area contributed by atoms with Crippen LogP contribution in [0.1, 0.15) is 56.0 Å². The summed E-state index contributed by atoms with van der Waals surface area (Å²) in [4.78, 5) is 1.42. The smallest absolute Gasteiger partial charge is 0.0603 e. The highest BCUT2D eigenvalue weighted by Gasteiger charge is 2.09. The first kappa shape index (κ1) is 15.1. The molecule has 1 aromatic carbocycles. The first-order valence-corrected chi connectivity index (χ1v) is 8.60. The topological polar surface area (TPSA) is 12.0 Å². The second-order valence-electron chi connectivity index (χ2n) is 5.27. The maximum atomic E-state index is 3.64. The van der Waals surface area contributed by atoms with Crippen molar-refractivity contribution in [3.63, 3.8) is 0 Å². The number of nitrogens with one attached hydrogen (secondary N) is 1. The summed E-state index contributed by atoms with van der Waals surface area (Å²) in [5, 5.41) is 5.79. The molecule has 20 heavy (non-hydrogen) atoms. The van der Waals surface area contributed by atoms with E-state index in [1.54, 1.807) is 0 Å². The minimum Gasteiger partial charge on any atom is -0.377 e. The van der Waals surface area contributed by atoms with E-state index in [0.717, 1.165) is 6.42 Å². The molecule has 0 fully saturated rings. The zero-order chi connectivity index (χ0) is 14.2. The van der Waals surface area contributed by atoms with Gasteiger partial charge in [-0.2, -0.15) is 0 Å². The van der Waals surface area contributed by atoms with Crippen molar-refractivity contribution in [1.29, 1.82) is 0 Å². The monoisotopic (exact) mass is 287 g/mol. The molecule has 1 atom stereocenters. The Bertz CT molecular complexity index is 473. The lowest BCUT2D eigenvalue weighted by molar-refractivity contribution is 0.717. The molecule has 2 rings (SSSR count). The predicted molar refractivity (Wildman–Crippen MR) is 90.6 cm³/mol. The first-order valence-electron chi connectivity index (χ1n) is 7.72. The summed E-state index contributed by atoms with van der Waals surface area (Å²) >= 11 is 1.83. The van der Waals surface area contributed by atoms with Crippen LogP contribution in [-0.4, -0.2) is 0 Å². The van der Waals surface area contributed by atoms with Crippen LogP contribution in [0.5, 0.6) is 0 Å². The van der Waals surface area contributed by atoms with E-state index < -0.39 is 0 Å². The van der Waals surface area contributed by atoms with Gasteiger partial charge in [-0.25, -0.2) is 0 Å². The van der Waals surface area contributed by atoms with E-state index in [4.69, 9.17) is 0 Å². The second kappa shape index (κ2) is 8.11. The average molecular weight is 287 g/mol. The van der Waals surface area contributed by atoms with E-state index in [2.05, 4.69) is 60.9 Å². The number of rotatable bonds is 8. The summed E-state index contributed by atoms with van der Waals surface area (Å²) in [7, 11) is 0. The molecular formula is C18H25NS. The van der Waals surface area contributed by atoms with E-state index in [1.807, 2.05) is 11.3 Å². The summed E-state index contributed by atoms with van der Waals surface area (Å²) in [6.45, 7) is 4.49. The summed E-state index contributed by atoms with van der Waals surface area (Å²) < 4.78 is 0. The van der Waals surface area contributed by atoms with Gasteiger partial charge in [-0.3, -0.25) is 0 Å². The SMILES string of the molecule is CCCCCc1ccc(NC(CC)c2cccs2)cc1. The van der Waals surface area contributed by atoms with Gasteiger partial charge in [0.2, 0.25) is 0 Å². The van der Waals surface area contributed by atoms with Gasteiger partial charge in [0.25, 0.3) is 0 Å². The van der Waals surface area contributed by atoms with Gasteiger partial charge in [0.1, 0.15) is 0 Å². The molecule has 0 aliphatic heterocycles. The van der Waals surface area contributed by atoms with Crippen molar-refractivity contribution in [3.05, 3.63) is 52.2 Å². The summed E-state index contributed by atoms with van der Waals surface area (Å²) in [5.41, 5.74) is 2.68. The maximum absolute atomic E-state index is 3.64. The van der Waals surface area contributed by atoms with Crippen molar-refractivity contribution in [2.45, 2.75) is 52.0 Å². The molecule has 1 aromatic heterocycles. The fourth-order valence-electron chi connectivity index (χ4n) is 2.41. The molecule has 108 valence electrons. The lowest BCUT2D eigenvalue weighted by atomic mass is 10.1. The lowest BCUT2D eigenvalue weighted by Gasteiger charge is -2.17. The fourth-order valence-corrected chi connectivity index (χ4v) is 3.27. The molecule has 2 aromatic rings. The van der Waals surface area contributed by atoms with E-state index in [1.165, 1.54) is 41.8 Å². The van der Waals surface area contributed by atoms with Crippen molar-refractivity contribution in [2.24, 2.45) is 0 Å². The Morgan fingerprint density at radius 2 is 1.85 bits per heavy atom. The average Bonchev–Trinajstić information content (AvgIpc) is 3.00. The van der Waals surface area contributed by atoms with Crippen LogP contribution < -0.4 is 5.32 Å². The number of hydrogen-bond donors (Lipinski definition) is 1. The molecule has 0 aliphatic rings. The third-order valence-corrected chi connectivity index (χ3v) is 4.64. The molecule has 0 bridgehead atoms. The molecule has 1 nitrogen and oxygen atoms in total. The molecular weight excluding hydrogens is 262 g/mol. The lowest BCUT2D eigenvalue weighted by Crippen LogP contribution is -2.07. The van der Waals surface area contributed by atoms with Crippen molar-refractivity contribution in [1.82, 2.24) is 0 Å². The van der Waals surface area contributed by atoms with Crippen LogP contribution >= 0.6 is 11.3 Å². The van der Waals surface area contributed by atoms with Crippen LogP contribution in [0.4, 0.5) is 5.69 Å². The Kier molecular flexibility index (Phi) is 6.13. The van der Waals surface area contributed by atoms with Crippen molar-refractivity contribution in [3.8, 4) is 0 Å². The molecule has 1 heterocycles. The Morgan fingerprint density at radius 3 is 2.45 bits per heavy atom. The van der Waals surface area contributed by atoms with E-state index in [-0.39, 0.29) is 0 Å². The Morgan fingerprint density at radius 1 is 1.05 bits per heavy atom. The summed E-state index contributed by atoms with van der Waals surface area (Å²) in [6.07, 6.45) is 6.24. The number of thiophene rings is 1. The largest absolute Gasteiger partial charge is 0.377 e. The van der Waals surface area contributed by atoms with Gasteiger partial charge in [-0.1, -0.05) is 44.9 Å². The van der Waals surface area contributed by atoms with Gasteiger partial charge in [0.05, 0.1) is 6.04 Å². The van der Waals surface area contributed by atoms with Crippen molar-refractivity contribution < 1.29 is 0 Å². The van der Waals surface area contributed by atoms with Crippen LogP contribution in [0.2, 0.25) is 0 Å². The first-order chi connectivity index (χ1) is 9.83. The van der Waals surface area contributed by atoms with E-state index >= 15 is 0 Å². The van der Waals surface area contributed by atoms with E-state index in [0.29, 0.717) is 6.04 Å². The standard InChI is InChI=1S/C18H25NS/c1-3-5-6-8-15-10-12-16(13-11-15)19-17(4-2)18-9-7-14-20-18/h7,9-14,17,19H,3-6,8H2,1-2H3. The van der Waals surface area contributed by atoms with Gasteiger partial charge in [0.15, 0.2) is 0 Å². The molecule has 0 radical (unpaired) electrons. The summed E-state index contributed by atoms with van der Waals surface area (Å²) in [5.74, 6) is 0. The summed E-state index contributed by atoms with van der Waals surface area (Å²) in [6, 6.07) is 13.7. The maximum Gasteiger partial charge on any atom is 0.0603 e. The van der Waals surface area contributed by atoms with Crippen LogP contribution in [-0.2, 0) is 6.42 Å². The van der Waals surface area contributed by atoms with Gasteiger partial charge in [-0.05, 0) is 48.4 Å². The molecule has 0 saturated heterocycles. The third kappa shape index (κ3) is 4.38. The second-order valence-corrected chi connectivity index (χ2v) is 6.25. The molecule has 0 saturated carbocycles. The van der Waals surface area contributed by atoms with Gasteiger partial charge < -0.3 is 5.32 Å². The number of unbranched alkanes of at least 4 members (excludes halogenated alkanes) is 2. The highest BCUT2D eigenvalue weighted by molar-refractivity contribution is 7.10. The van der Waals surface area contributed by atoms with Crippen molar-refractivity contribution >= 4 is 17.0 Å². The predicted octanol–water partition coefficient (Wildman–Crippen LogP) is 6.04. The molecule has 2 heteroatoms. The molecule has 0 spiro atoms. The fraction of sp³-hybridized carbons (Fsp3) is 0.444. The van der Waals surface area contributed by atoms with Crippen LogP contribution in [0, 0.1) is 0 Å². The number of aryl methyl sites for hydroxylation is 1. The van der Waals surface area contributed by atoms with Gasteiger partial charge >= 0.3 is 0 Å². The molecule has 0 aliphatic carbocycles. The van der Waals surface area contributed by atoms with Gasteiger partial charge in [-0.15, -0.1) is 11.3 Å². The van der Waals surface area contributed by atoms with E-state index in [9.17, 15) is 0 Å². The molecule has 1 N–H and O–H groups in total. The van der Waals surface area contributed by atoms with Crippen LogP contribution in [0.3, 0.4) is 0 Å². The Labute approximate surface area is 127 Å². The quantitative estimate of drug-likeness (QED) is 0.583. The van der Waals surface area contributed by atoms with Crippen LogP contribution in [0.15, 0.2) is 41.8 Å². The van der Waals surface area contributed by atoms with Gasteiger partial charge in [0, 0.05) is 10.6 Å². The van der Waals surface area contributed by atoms with Crippen molar-refractivity contribution in [2.75, 3.05) is 5.32 Å². The third-order valence-electron chi connectivity index (χ3n) is 3.66. The molecule has 1 unspecified atom stereocenters. The normalized spacial score (nSPS) is 12.3. The zero-order valence-electron chi connectivity index (χ0n) is 12.6.